The van der Waals surface area contributed by atoms with E-state index in [0.29, 0.717) is 5.69 Å². The zero-order valence-corrected chi connectivity index (χ0v) is 9.87. The van der Waals surface area contributed by atoms with Gasteiger partial charge in [-0.2, -0.15) is 0 Å². The molecule has 2 rings (SSSR count). The van der Waals surface area contributed by atoms with Gasteiger partial charge in [0.15, 0.2) is 0 Å². The Hall–Kier alpha value is -2.17. The maximum atomic E-state index is 13.4. The molecular weight excluding hydrogens is 236 g/mol. The number of nitrogens with one attached hydrogen (secondary N) is 2. The fourth-order valence-corrected chi connectivity index (χ4v) is 1.56. The Kier molecular flexibility index (Phi) is 3.72. The Bertz CT molecular complexity index is 544. The first kappa shape index (κ1) is 12.3. The standard InChI is InChI=1S/C13H13F2N3/c1-2-17-10-6-11(8-16-7-10)18-13-5-9(14)3-4-12(13)15/h3-8,17-18H,2H2,1H3. The predicted octanol–water partition coefficient (Wildman–Crippen LogP) is 3.54. The molecule has 0 spiro atoms. The molecule has 0 amide bonds. The third-order valence-corrected chi connectivity index (χ3v) is 2.33. The summed E-state index contributed by atoms with van der Waals surface area (Å²) >= 11 is 0. The number of aromatic nitrogens is 1. The van der Waals surface area contributed by atoms with E-state index < -0.39 is 11.6 Å². The van der Waals surface area contributed by atoms with Crippen molar-refractivity contribution < 1.29 is 8.78 Å². The summed E-state index contributed by atoms with van der Waals surface area (Å²) in [6.45, 7) is 2.73. The fraction of sp³-hybridized carbons (Fsp3) is 0.154. The number of rotatable bonds is 4. The van der Waals surface area contributed by atoms with Crippen molar-refractivity contribution in [2.45, 2.75) is 6.92 Å². The topological polar surface area (TPSA) is 37.0 Å². The Morgan fingerprint density at radius 2 is 1.89 bits per heavy atom. The number of hydrogen-bond acceptors (Lipinski definition) is 3. The molecule has 1 aromatic carbocycles. The van der Waals surface area contributed by atoms with Crippen LogP contribution in [0.1, 0.15) is 6.92 Å². The number of nitrogens with zero attached hydrogens (tertiary/aromatic N) is 1. The van der Waals surface area contributed by atoms with Gasteiger partial charge in [-0.15, -0.1) is 0 Å². The van der Waals surface area contributed by atoms with Crippen LogP contribution in [0.25, 0.3) is 0 Å². The SMILES string of the molecule is CCNc1cncc(Nc2cc(F)ccc2F)c1. The molecule has 0 radical (unpaired) electrons. The van der Waals surface area contributed by atoms with E-state index in [1.54, 1.807) is 18.5 Å². The molecule has 0 atom stereocenters. The van der Waals surface area contributed by atoms with E-state index in [4.69, 9.17) is 0 Å². The number of benzene rings is 1. The van der Waals surface area contributed by atoms with E-state index >= 15 is 0 Å². The highest BCUT2D eigenvalue weighted by molar-refractivity contribution is 5.63. The highest BCUT2D eigenvalue weighted by atomic mass is 19.1. The quantitative estimate of drug-likeness (QED) is 0.870. The average Bonchev–Trinajstić information content (AvgIpc) is 2.35. The summed E-state index contributed by atoms with van der Waals surface area (Å²) in [4.78, 5) is 4.01. The number of halogens is 2. The summed E-state index contributed by atoms with van der Waals surface area (Å²) in [6, 6.07) is 5.04. The van der Waals surface area contributed by atoms with Crippen molar-refractivity contribution in [2.75, 3.05) is 17.2 Å². The van der Waals surface area contributed by atoms with Crippen LogP contribution in [0.3, 0.4) is 0 Å². The predicted molar refractivity (Wildman–Crippen MR) is 68.0 cm³/mol. The fourth-order valence-electron chi connectivity index (χ4n) is 1.56. The molecule has 0 aliphatic carbocycles. The lowest BCUT2D eigenvalue weighted by molar-refractivity contribution is 0.603. The third kappa shape index (κ3) is 2.94. The minimum atomic E-state index is -0.509. The molecule has 5 heteroatoms. The molecule has 0 saturated carbocycles. The number of anilines is 3. The molecule has 2 N–H and O–H groups in total. The molecule has 0 unspecified atom stereocenters. The Balaban J connectivity index is 2.22. The van der Waals surface area contributed by atoms with E-state index in [0.717, 1.165) is 30.4 Å². The summed E-state index contributed by atoms with van der Waals surface area (Å²) in [6.07, 6.45) is 3.21. The second-order valence-corrected chi connectivity index (χ2v) is 3.74. The van der Waals surface area contributed by atoms with Crippen molar-refractivity contribution in [2.24, 2.45) is 0 Å². The molecule has 3 nitrogen and oxygen atoms in total. The summed E-state index contributed by atoms with van der Waals surface area (Å²) in [5.41, 5.74) is 1.50. The van der Waals surface area contributed by atoms with Crippen LogP contribution >= 0.6 is 0 Å². The van der Waals surface area contributed by atoms with Crippen molar-refractivity contribution in [3.63, 3.8) is 0 Å². The molecule has 2 aromatic rings. The second-order valence-electron chi connectivity index (χ2n) is 3.74. The maximum Gasteiger partial charge on any atom is 0.146 e. The van der Waals surface area contributed by atoms with Gasteiger partial charge in [0, 0.05) is 12.6 Å². The zero-order valence-electron chi connectivity index (χ0n) is 9.87. The number of pyridine rings is 1. The van der Waals surface area contributed by atoms with Crippen molar-refractivity contribution in [3.8, 4) is 0 Å². The van der Waals surface area contributed by atoms with Gasteiger partial charge < -0.3 is 10.6 Å². The van der Waals surface area contributed by atoms with Crippen molar-refractivity contribution in [1.82, 2.24) is 4.98 Å². The normalized spacial score (nSPS) is 10.2. The first-order chi connectivity index (χ1) is 8.69. The first-order valence-electron chi connectivity index (χ1n) is 5.60. The average molecular weight is 249 g/mol. The van der Waals surface area contributed by atoms with Crippen molar-refractivity contribution in [1.29, 1.82) is 0 Å². The van der Waals surface area contributed by atoms with Crippen LogP contribution in [0.2, 0.25) is 0 Å². The van der Waals surface area contributed by atoms with Gasteiger partial charge in [-0.25, -0.2) is 8.78 Å². The summed E-state index contributed by atoms with van der Waals surface area (Å²) in [7, 11) is 0. The van der Waals surface area contributed by atoms with Crippen LogP contribution in [-0.2, 0) is 0 Å². The van der Waals surface area contributed by atoms with Gasteiger partial charge in [-0.3, -0.25) is 4.98 Å². The van der Waals surface area contributed by atoms with Gasteiger partial charge in [-0.1, -0.05) is 0 Å². The van der Waals surface area contributed by atoms with E-state index in [-0.39, 0.29) is 5.69 Å². The van der Waals surface area contributed by atoms with Crippen LogP contribution in [0.15, 0.2) is 36.7 Å². The summed E-state index contributed by atoms with van der Waals surface area (Å²) < 4.78 is 26.5. The van der Waals surface area contributed by atoms with Crippen molar-refractivity contribution in [3.05, 3.63) is 48.3 Å². The zero-order chi connectivity index (χ0) is 13.0. The third-order valence-electron chi connectivity index (χ3n) is 2.33. The summed E-state index contributed by atoms with van der Waals surface area (Å²) in [5, 5.41) is 5.88. The lowest BCUT2D eigenvalue weighted by Gasteiger charge is -2.09. The summed E-state index contributed by atoms with van der Waals surface area (Å²) in [5.74, 6) is -1.00. The molecule has 94 valence electrons. The molecule has 0 aliphatic rings. The molecule has 0 aliphatic heterocycles. The van der Waals surface area contributed by atoms with Crippen LogP contribution < -0.4 is 10.6 Å². The number of hydrogen-bond donors (Lipinski definition) is 2. The van der Waals surface area contributed by atoms with Crippen LogP contribution in [0, 0.1) is 11.6 Å². The molecule has 1 aromatic heterocycles. The molecule has 0 fully saturated rings. The largest absolute Gasteiger partial charge is 0.384 e. The molecule has 1 heterocycles. The van der Waals surface area contributed by atoms with Gasteiger partial charge in [0.1, 0.15) is 11.6 Å². The van der Waals surface area contributed by atoms with E-state index in [1.807, 2.05) is 6.92 Å². The molecule has 0 saturated heterocycles. The Morgan fingerprint density at radius 3 is 2.67 bits per heavy atom. The van der Waals surface area contributed by atoms with Gasteiger partial charge in [0.2, 0.25) is 0 Å². The van der Waals surface area contributed by atoms with E-state index in [2.05, 4.69) is 15.6 Å². The monoisotopic (exact) mass is 249 g/mol. The van der Waals surface area contributed by atoms with Gasteiger partial charge in [-0.05, 0) is 25.1 Å². The van der Waals surface area contributed by atoms with E-state index in [1.165, 1.54) is 0 Å². The molecule has 0 bridgehead atoms. The lowest BCUT2D eigenvalue weighted by Crippen LogP contribution is -1.99. The van der Waals surface area contributed by atoms with Gasteiger partial charge >= 0.3 is 0 Å². The minimum Gasteiger partial charge on any atom is -0.384 e. The van der Waals surface area contributed by atoms with Crippen LogP contribution in [0.5, 0.6) is 0 Å². The van der Waals surface area contributed by atoms with Crippen LogP contribution in [0.4, 0.5) is 25.8 Å². The van der Waals surface area contributed by atoms with Gasteiger partial charge in [0.05, 0.1) is 29.5 Å². The Labute approximate surface area is 104 Å². The van der Waals surface area contributed by atoms with E-state index in [9.17, 15) is 8.78 Å². The molecular formula is C13H13F2N3. The van der Waals surface area contributed by atoms with Gasteiger partial charge in [0.25, 0.3) is 0 Å². The van der Waals surface area contributed by atoms with Crippen LogP contribution in [-0.4, -0.2) is 11.5 Å². The highest BCUT2D eigenvalue weighted by Gasteiger charge is 2.04. The smallest absolute Gasteiger partial charge is 0.146 e. The molecule has 18 heavy (non-hydrogen) atoms. The lowest BCUT2D eigenvalue weighted by atomic mass is 10.2. The van der Waals surface area contributed by atoms with Crippen molar-refractivity contribution >= 4 is 17.1 Å². The first-order valence-corrected chi connectivity index (χ1v) is 5.60. The minimum absolute atomic E-state index is 0.0884. The maximum absolute atomic E-state index is 13.4. The second kappa shape index (κ2) is 5.44. The Morgan fingerprint density at radius 1 is 1.11 bits per heavy atom. The highest BCUT2D eigenvalue weighted by Crippen LogP contribution is 2.22.